The summed E-state index contributed by atoms with van der Waals surface area (Å²) < 4.78 is 0. The SMILES string of the molecule is N#Cc1cccc(-c2nc3sc(-c4cccc(C#N)c4)nc3s2)c1. The van der Waals surface area contributed by atoms with Crippen molar-refractivity contribution in [1.29, 1.82) is 10.5 Å². The maximum absolute atomic E-state index is 9.01. The van der Waals surface area contributed by atoms with Crippen molar-refractivity contribution in [2.75, 3.05) is 0 Å². The molecule has 4 nitrogen and oxygen atoms in total. The maximum atomic E-state index is 9.01. The number of nitriles is 2. The lowest BCUT2D eigenvalue weighted by molar-refractivity contribution is 1.46. The third-order valence-electron chi connectivity index (χ3n) is 3.45. The number of rotatable bonds is 2. The van der Waals surface area contributed by atoms with Gasteiger partial charge in [0.1, 0.15) is 10.0 Å². The topological polar surface area (TPSA) is 73.4 Å². The molecular formula is C18H8N4S2. The molecule has 0 saturated heterocycles. The Bertz CT molecular complexity index is 1020. The third kappa shape index (κ3) is 2.55. The van der Waals surface area contributed by atoms with E-state index < -0.39 is 0 Å². The summed E-state index contributed by atoms with van der Waals surface area (Å²) in [5.41, 5.74) is 3.09. The zero-order valence-corrected chi connectivity index (χ0v) is 13.9. The number of hydrogen-bond donors (Lipinski definition) is 0. The summed E-state index contributed by atoms with van der Waals surface area (Å²) in [4.78, 5) is 11.0. The van der Waals surface area contributed by atoms with E-state index in [1.165, 1.54) is 22.7 Å². The molecule has 0 N–H and O–H groups in total. The van der Waals surface area contributed by atoms with Gasteiger partial charge in [0.2, 0.25) is 0 Å². The van der Waals surface area contributed by atoms with Crippen molar-refractivity contribution in [2.45, 2.75) is 0 Å². The van der Waals surface area contributed by atoms with Gasteiger partial charge in [-0.1, -0.05) is 46.9 Å². The van der Waals surface area contributed by atoms with Crippen molar-refractivity contribution >= 4 is 32.3 Å². The number of aromatic nitrogens is 2. The normalized spacial score (nSPS) is 10.4. The number of thiazole rings is 2. The minimum atomic E-state index is 0.619. The van der Waals surface area contributed by atoms with Crippen LogP contribution in [0.3, 0.4) is 0 Å². The van der Waals surface area contributed by atoms with Crippen molar-refractivity contribution in [3.63, 3.8) is 0 Å². The maximum Gasteiger partial charge on any atom is 0.155 e. The summed E-state index contributed by atoms with van der Waals surface area (Å²) in [6.45, 7) is 0. The highest BCUT2D eigenvalue weighted by Crippen LogP contribution is 2.36. The summed E-state index contributed by atoms with van der Waals surface area (Å²) in [6.07, 6.45) is 0. The van der Waals surface area contributed by atoms with Crippen LogP contribution in [-0.2, 0) is 0 Å². The van der Waals surface area contributed by atoms with E-state index >= 15 is 0 Å². The van der Waals surface area contributed by atoms with Gasteiger partial charge < -0.3 is 0 Å². The van der Waals surface area contributed by atoms with E-state index in [4.69, 9.17) is 10.5 Å². The molecule has 0 aliphatic rings. The molecule has 0 spiro atoms. The fourth-order valence-electron chi connectivity index (χ4n) is 2.33. The lowest BCUT2D eigenvalue weighted by Gasteiger charge is -1.97. The van der Waals surface area contributed by atoms with E-state index in [1.54, 1.807) is 12.1 Å². The highest BCUT2D eigenvalue weighted by Gasteiger charge is 2.13. The van der Waals surface area contributed by atoms with E-state index in [0.29, 0.717) is 11.1 Å². The molecule has 0 aliphatic heterocycles. The molecule has 4 aromatic rings. The Morgan fingerprint density at radius 1 is 0.708 bits per heavy atom. The van der Waals surface area contributed by atoms with Crippen LogP contribution in [0.15, 0.2) is 48.5 Å². The average Bonchev–Trinajstić information content (AvgIpc) is 3.21. The van der Waals surface area contributed by atoms with Crippen LogP contribution < -0.4 is 0 Å². The van der Waals surface area contributed by atoms with Gasteiger partial charge in [-0.2, -0.15) is 10.5 Å². The quantitative estimate of drug-likeness (QED) is 0.522. The highest BCUT2D eigenvalue weighted by molar-refractivity contribution is 7.29. The fourth-order valence-corrected chi connectivity index (χ4v) is 4.37. The molecule has 0 fully saturated rings. The molecule has 6 heteroatoms. The standard InChI is InChI=1S/C18H8N4S2/c19-9-11-3-1-5-13(7-11)15-21-17-18(23-15)22-16(24-17)14-6-2-4-12(8-14)10-20/h1-8H. The monoisotopic (exact) mass is 344 g/mol. The van der Waals surface area contributed by atoms with Crippen LogP contribution in [0.5, 0.6) is 0 Å². The predicted octanol–water partition coefficient (Wildman–Crippen LogP) is 4.83. The van der Waals surface area contributed by atoms with Crippen molar-refractivity contribution in [2.24, 2.45) is 0 Å². The first-order chi connectivity index (χ1) is 11.8. The fraction of sp³-hybridized carbons (Fsp3) is 0. The number of benzene rings is 2. The smallest absolute Gasteiger partial charge is 0.155 e. The molecule has 2 heterocycles. The molecule has 0 unspecified atom stereocenters. The molecule has 0 amide bonds. The largest absolute Gasteiger partial charge is 0.223 e. The number of hydrogen-bond acceptors (Lipinski definition) is 6. The Labute approximate surface area is 145 Å². The lowest BCUT2D eigenvalue weighted by Crippen LogP contribution is -1.79. The second kappa shape index (κ2) is 5.86. The van der Waals surface area contributed by atoms with E-state index in [1.807, 2.05) is 36.4 Å². The van der Waals surface area contributed by atoms with Gasteiger partial charge in [-0.05, 0) is 24.3 Å². The number of fused-ring (bicyclic) bond motifs is 1. The summed E-state index contributed by atoms with van der Waals surface area (Å²) in [5.74, 6) is 0. The lowest BCUT2D eigenvalue weighted by atomic mass is 10.1. The molecule has 4 rings (SSSR count). The second-order valence-corrected chi connectivity index (χ2v) is 6.99. The Kier molecular flexibility index (Phi) is 3.55. The Hall–Kier alpha value is -3.06. The summed E-state index contributed by atoms with van der Waals surface area (Å²) in [5, 5.41) is 19.7. The van der Waals surface area contributed by atoms with Gasteiger partial charge in [-0.25, -0.2) is 9.97 Å². The Morgan fingerprint density at radius 2 is 1.17 bits per heavy atom. The van der Waals surface area contributed by atoms with Gasteiger partial charge in [-0.15, -0.1) is 0 Å². The number of nitrogens with zero attached hydrogens (tertiary/aromatic N) is 4. The van der Waals surface area contributed by atoms with Crippen molar-refractivity contribution in [1.82, 2.24) is 9.97 Å². The zero-order valence-electron chi connectivity index (χ0n) is 12.2. The molecule has 0 bridgehead atoms. The van der Waals surface area contributed by atoms with E-state index in [0.717, 1.165) is 30.8 Å². The predicted molar refractivity (Wildman–Crippen MR) is 95.6 cm³/mol. The van der Waals surface area contributed by atoms with Crippen LogP contribution in [0, 0.1) is 22.7 Å². The average molecular weight is 344 g/mol. The van der Waals surface area contributed by atoms with Crippen molar-refractivity contribution in [3.05, 3.63) is 59.7 Å². The third-order valence-corrected chi connectivity index (χ3v) is 5.58. The molecule has 0 atom stereocenters. The van der Waals surface area contributed by atoms with Crippen molar-refractivity contribution < 1.29 is 0 Å². The van der Waals surface area contributed by atoms with Crippen LogP contribution in [0.1, 0.15) is 11.1 Å². The Morgan fingerprint density at radius 3 is 1.58 bits per heavy atom. The molecule has 0 saturated carbocycles. The zero-order chi connectivity index (χ0) is 16.5. The summed E-state index contributed by atoms with van der Waals surface area (Å²) in [7, 11) is 0. The highest BCUT2D eigenvalue weighted by atomic mass is 32.1. The summed E-state index contributed by atoms with van der Waals surface area (Å²) >= 11 is 3.02. The molecule has 112 valence electrons. The van der Waals surface area contributed by atoms with Gasteiger partial charge in [0.25, 0.3) is 0 Å². The van der Waals surface area contributed by atoms with E-state index in [2.05, 4.69) is 22.1 Å². The van der Waals surface area contributed by atoms with Crippen LogP contribution in [0.4, 0.5) is 0 Å². The van der Waals surface area contributed by atoms with Crippen molar-refractivity contribution in [3.8, 4) is 33.3 Å². The summed E-state index contributed by atoms with van der Waals surface area (Å²) in [6, 6.07) is 19.1. The van der Waals surface area contributed by atoms with E-state index in [-0.39, 0.29) is 0 Å². The first-order valence-electron chi connectivity index (χ1n) is 7.05. The van der Waals surface area contributed by atoms with Gasteiger partial charge in [0, 0.05) is 11.1 Å². The molecule has 24 heavy (non-hydrogen) atoms. The molecule has 2 aromatic heterocycles. The van der Waals surface area contributed by atoms with E-state index in [9.17, 15) is 0 Å². The van der Waals surface area contributed by atoms with Crippen LogP contribution in [0.25, 0.3) is 30.8 Å². The van der Waals surface area contributed by atoms with Gasteiger partial charge >= 0.3 is 0 Å². The second-order valence-electron chi connectivity index (χ2n) is 5.03. The minimum Gasteiger partial charge on any atom is -0.223 e. The molecular weight excluding hydrogens is 336 g/mol. The molecule has 0 aliphatic carbocycles. The first-order valence-corrected chi connectivity index (χ1v) is 8.68. The van der Waals surface area contributed by atoms with Gasteiger partial charge in [0.05, 0.1) is 23.3 Å². The minimum absolute atomic E-state index is 0.619. The Balaban J connectivity index is 1.75. The van der Waals surface area contributed by atoms with Crippen LogP contribution in [-0.4, -0.2) is 9.97 Å². The molecule has 2 aromatic carbocycles. The van der Waals surface area contributed by atoms with Gasteiger partial charge in [-0.3, -0.25) is 0 Å². The van der Waals surface area contributed by atoms with Crippen LogP contribution in [0.2, 0.25) is 0 Å². The first kappa shape index (κ1) is 14.5. The van der Waals surface area contributed by atoms with Gasteiger partial charge in [0.15, 0.2) is 9.66 Å². The van der Waals surface area contributed by atoms with Crippen LogP contribution >= 0.6 is 22.7 Å². The molecule has 0 radical (unpaired) electrons.